The molecule has 0 aliphatic carbocycles. The van der Waals surface area contributed by atoms with E-state index in [-0.39, 0.29) is 47.5 Å². The minimum Gasteiger partial charge on any atom is -0.390 e. The molecule has 0 bridgehead atoms. The van der Waals surface area contributed by atoms with E-state index in [0.29, 0.717) is 13.0 Å². The van der Waals surface area contributed by atoms with Gasteiger partial charge in [-0.3, -0.25) is 0 Å². The van der Waals surface area contributed by atoms with Crippen molar-refractivity contribution in [1.29, 1.82) is 0 Å². The summed E-state index contributed by atoms with van der Waals surface area (Å²) in [5.41, 5.74) is 0. The van der Waals surface area contributed by atoms with Gasteiger partial charge in [0.25, 0.3) is 0 Å². The molecule has 2 unspecified atom stereocenters. The van der Waals surface area contributed by atoms with E-state index in [1.165, 1.54) is 7.11 Å². The van der Waals surface area contributed by atoms with Crippen molar-refractivity contribution in [3.8, 4) is 0 Å². The van der Waals surface area contributed by atoms with Crippen LogP contribution in [0.2, 0.25) is 0 Å². The Morgan fingerprint density at radius 1 is 1.36 bits per heavy atom. The van der Waals surface area contributed by atoms with Gasteiger partial charge in [-0.15, -0.1) is 0 Å². The van der Waals surface area contributed by atoms with E-state index in [1.54, 1.807) is 6.42 Å². The normalized spacial score (nSPS) is 31.2. The number of methoxy groups -OCH3 is 1. The summed E-state index contributed by atoms with van der Waals surface area (Å²) in [6.07, 6.45) is 2.90. The Labute approximate surface area is 155 Å². The van der Waals surface area contributed by atoms with Crippen molar-refractivity contribution in [3.63, 3.8) is 0 Å². The smallest absolute Gasteiger partial charge is 0.390 e. The molecule has 22 heavy (non-hydrogen) atoms. The molecule has 1 saturated heterocycles. The van der Waals surface area contributed by atoms with Crippen LogP contribution < -0.4 is 34.9 Å². The largest absolute Gasteiger partial charge is 1.00 e. The second-order valence-corrected chi connectivity index (χ2v) is 5.60. The predicted octanol–water partition coefficient (Wildman–Crippen LogP) is -2.38. The quantitative estimate of drug-likeness (QED) is 0.264. The van der Waals surface area contributed by atoms with E-state index in [1.807, 2.05) is 6.92 Å². The summed E-state index contributed by atoms with van der Waals surface area (Å²) in [6.45, 7) is 4.20. The Hall–Kier alpha value is 0.180. The number of ether oxygens (including phenoxy) is 2. The number of unbranched alkanes of at least 4 members (excludes halogenated alkanes) is 3. The maximum absolute atomic E-state index is 11.8. The van der Waals surface area contributed by atoms with Crippen LogP contribution >= 0.6 is 0 Å². The Morgan fingerprint density at radius 3 is 2.64 bits per heavy atom. The van der Waals surface area contributed by atoms with Crippen LogP contribution in [0.1, 0.15) is 39.5 Å². The summed E-state index contributed by atoms with van der Waals surface area (Å²) in [5, 5.41) is 22.8. The first kappa shape index (κ1) is 22.2. The van der Waals surface area contributed by atoms with Gasteiger partial charge in [0.2, 0.25) is 0 Å². The third-order valence-electron chi connectivity index (χ3n) is 3.89. The molecular weight excluding hydrogens is 297 g/mol. The molecule has 0 aromatic heterocycles. The summed E-state index contributed by atoms with van der Waals surface area (Å²) in [6, 6.07) is -0.817. The van der Waals surface area contributed by atoms with E-state index in [9.17, 15) is 15.0 Å². The molecule has 0 spiro atoms. The molecule has 3 N–H and O–H groups in total. The predicted molar refractivity (Wildman–Crippen MR) is 78.3 cm³/mol. The number of hydrogen-bond donors (Lipinski definition) is 3. The van der Waals surface area contributed by atoms with Crippen LogP contribution in [0.25, 0.3) is 0 Å². The molecule has 0 saturated carbocycles. The molecule has 1 fully saturated rings. The number of aliphatic hydroxyl groups is 2. The van der Waals surface area contributed by atoms with Crippen LogP contribution in [-0.2, 0) is 14.3 Å². The number of aliphatic hydroxyl groups excluding tert-OH is 2. The third-order valence-corrected chi connectivity index (χ3v) is 3.89. The van der Waals surface area contributed by atoms with Gasteiger partial charge >= 0.3 is 29.6 Å². The summed E-state index contributed by atoms with van der Waals surface area (Å²) in [7, 11) is 1.54. The average molecular weight is 325 g/mol. The minimum absolute atomic E-state index is 0. The number of carbonyl (C=O) groups is 1. The number of rotatable bonds is 8. The molecule has 1 amide bonds. The van der Waals surface area contributed by atoms with Gasteiger partial charge in [0.15, 0.2) is 6.29 Å². The van der Waals surface area contributed by atoms with Crippen LogP contribution in [-0.4, -0.2) is 54.4 Å². The standard InChI is InChI=1S/C15H28NO5.Na/c1-4-5-6-7-8-12(17)16-13-14(18)10(2)11(9-20-3)21-15(13)19;/h8,10-11,13-15,18-19H,4-7,9H2,1-3H3,(H,16,17);/q-1;+1/t10-,11?,13?,14-,15+;/m0./s1. The summed E-state index contributed by atoms with van der Waals surface area (Å²) >= 11 is 0. The van der Waals surface area contributed by atoms with E-state index in [0.717, 1.165) is 19.3 Å². The fourth-order valence-electron chi connectivity index (χ4n) is 2.47. The van der Waals surface area contributed by atoms with Crippen molar-refractivity contribution < 1.29 is 54.0 Å². The Bertz CT molecular complexity index is 318. The fourth-order valence-corrected chi connectivity index (χ4v) is 2.47. The van der Waals surface area contributed by atoms with Gasteiger partial charge in [0.05, 0.1) is 24.7 Å². The van der Waals surface area contributed by atoms with Crippen LogP contribution in [0, 0.1) is 12.3 Å². The van der Waals surface area contributed by atoms with Gasteiger partial charge in [-0.2, -0.15) is 6.42 Å². The molecule has 0 aromatic rings. The van der Waals surface area contributed by atoms with Crippen LogP contribution in [0.5, 0.6) is 0 Å². The summed E-state index contributed by atoms with van der Waals surface area (Å²) in [4.78, 5) is 11.8. The Balaban J connectivity index is 0.00000441. The monoisotopic (exact) mass is 325 g/mol. The minimum atomic E-state index is -1.23. The average Bonchev–Trinajstić information content (AvgIpc) is 2.45. The first-order valence-corrected chi connectivity index (χ1v) is 7.65. The maximum Gasteiger partial charge on any atom is 1.00 e. The van der Waals surface area contributed by atoms with Crippen molar-refractivity contribution >= 4 is 5.91 Å². The molecular formula is C15H28NNaO5. The zero-order valence-electron chi connectivity index (χ0n) is 14.1. The molecule has 1 rings (SSSR count). The van der Waals surface area contributed by atoms with E-state index in [2.05, 4.69) is 12.2 Å². The third kappa shape index (κ3) is 6.74. The molecule has 0 radical (unpaired) electrons. The number of amides is 1. The van der Waals surface area contributed by atoms with Gasteiger partial charge < -0.3 is 36.2 Å². The molecule has 7 heteroatoms. The Kier molecular flexibility index (Phi) is 11.8. The summed E-state index contributed by atoms with van der Waals surface area (Å²) in [5.74, 6) is -0.520. The second kappa shape index (κ2) is 11.7. The first-order valence-electron chi connectivity index (χ1n) is 7.65. The number of hydrogen-bond acceptors (Lipinski definition) is 5. The SMILES string of the molecule is CCCCC[CH-]C(=O)NC1[C@H](O)OC(COC)[C@H](C)[C@@H]1O.[Na+]. The van der Waals surface area contributed by atoms with E-state index >= 15 is 0 Å². The molecule has 5 atom stereocenters. The van der Waals surface area contributed by atoms with Gasteiger partial charge in [-0.05, 0) is 0 Å². The van der Waals surface area contributed by atoms with Crippen molar-refractivity contribution in [2.45, 2.75) is 64.1 Å². The Morgan fingerprint density at radius 2 is 2.05 bits per heavy atom. The molecule has 1 aliphatic heterocycles. The van der Waals surface area contributed by atoms with E-state index < -0.39 is 18.4 Å². The van der Waals surface area contributed by atoms with Crippen molar-refractivity contribution in [2.75, 3.05) is 13.7 Å². The van der Waals surface area contributed by atoms with Gasteiger partial charge in [-0.25, -0.2) is 0 Å². The maximum atomic E-state index is 11.8. The second-order valence-electron chi connectivity index (χ2n) is 5.60. The van der Waals surface area contributed by atoms with Crippen molar-refractivity contribution in [2.24, 2.45) is 5.92 Å². The molecule has 0 aromatic carbocycles. The molecule has 6 nitrogen and oxygen atoms in total. The zero-order valence-corrected chi connectivity index (χ0v) is 16.1. The van der Waals surface area contributed by atoms with E-state index in [4.69, 9.17) is 9.47 Å². The van der Waals surface area contributed by atoms with Gasteiger partial charge in [0, 0.05) is 13.0 Å². The number of nitrogens with one attached hydrogen (secondary N) is 1. The fraction of sp³-hybridized carbons (Fsp3) is 0.867. The van der Waals surface area contributed by atoms with Crippen molar-refractivity contribution in [3.05, 3.63) is 6.42 Å². The van der Waals surface area contributed by atoms with Crippen LogP contribution in [0.4, 0.5) is 0 Å². The molecule has 1 heterocycles. The van der Waals surface area contributed by atoms with Gasteiger partial charge in [-0.1, -0.05) is 33.1 Å². The first-order chi connectivity index (χ1) is 10.0. The number of carbonyl (C=O) groups excluding carboxylic acids is 1. The zero-order chi connectivity index (χ0) is 15.8. The topological polar surface area (TPSA) is 88.0 Å². The summed E-state index contributed by atoms with van der Waals surface area (Å²) < 4.78 is 10.4. The van der Waals surface area contributed by atoms with Gasteiger partial charge in [0.1, 0.15) is 6.04 Å². The molecule has 1 aliphatic rings. The molecule has 124 valence electrons. The van der Waals surface area contributed by atoms with Crippen molar-refractivity contribution in [1.82, 2.24) is 5.32 Å². The van der Waals surface area contributed by atoms with Crippen LogP contribution in [0.3, 0.4) is 0 Å². The van der Waals surface area contributed by atoms with Crippen LogP contribution in [0.15, 0.2) is 0 Å².